The molecular weight excluding hydrogens is 477 g/mol. The SMILES string of the molecule is O=S(=O)(c1ccc(Cl)c(NC(=S)NCc2ccc(Cl)cc2Cl)c1)N1CCOCC1. The zero-order valence-electron chi connectivity index (χ0n) is 15.1. The molecule has 11 heteroatoms. The summed E-state index contributed by atoms with van der Waals surface area (Å²) in [7, 11) is -3.64. The molecule has 0 radical (unpaired) electrons. The van der Waals surface area contributed by atoms with Crippen LogP contribution in [0.3, 0.4) is 0 Å². The molecule has 0 bridgehead atoms. The van der Waals surface area contributed by atoms with Crippen molar-refractivity contribution in [1.29, 1.82) is 0 Å². The van der Waals surface area contributed by atoms with E-state index in [2.05, 4.69) is 10.6 Å². The summed E-state index contributed by atoms with van der Waals surface area (Å²) in [4.78, 5) is 0.134. The van der Waals surface area contributed by atoms with E-state index in [1.807, 2.05) is 0 Å². The molecule has 0 aliphatic carbocycles. The Morgan fingerprint density at radius 2 is 1.79 bits per heavy atom. The molecule has 2 aromatic carbocycles. The molecule has 6 nitrogen and oxygen atoms in total. The first-order valence-corrected chi connectivity index (χ1v) is 11.6. The number of morpholine rings is 1. The monoisotopic (exact) mass is 493 g/mol. The van der Waals surface area contributed by atoms with Crippen molar-refractivity contribution in [1.82, 2.24) is 9.62 Å². The van der Waals surface area contributed by atoms with Gasteiger partial charge in [-0.25, -0.2) is 8.42 Å². The van der Waals surface area contributed by atoms with Crippen LogP contribution in [0.5, 0.6) is 0 Å². The lowest BCUT2D eigenvalue weighted by Crippen LogP contribution is -2.40. The highest BCUT2D eigenvalue weighted by atomic mass is 35.5. The molecule has 1 heterocycles. The fraction of sp³-hybridized carbons (Fsp3) is 0.278. The Morgan fingerprint density at radius 1 is 1.07 bits per heavy atom. The topological polar surface area (TPSA) is 70.7 Å². The zero-order valence-corrected chi connectivity index (χ0v) is 19.0. The molecule has 0 aromatic heterocycles. The summed E-state index contributed by atoms with van der Waals surface area (Å²) in [6.07, 6.45) is 0. The summed E-state index contributed by atoms with van der Waals surface area (Å²) in [6.45, 7) is 1.74. The van der Waals surface area contributed by atoms with Crippen molar-refractivity contribution in [2.24, 2.45) is 0 Å². The van der Waals surface area contributed by atoms with Crippen LogP contribution in [0.25, 0.3) is 0 Å². The third-order valence-corrected chi connectivity index (χ3v) is 7.31. The summed E-state index contributed by atoms with van der Waals surface area (Å²) < 4.78 is 32.3. The third-order valence-electron chi connectivity index (χ3n) is 4.25. The number of sulfonamides is 1. The average Bonchev–Trinajstić information content (AvgIpc) is 2.69. The molecular formula is C18H18Cl3N3O3S2. The largest absolute Gasteiger partial charge is 0.379 e. The number of halogens is 3. The number of rotatable bonds is 5. The predicted molar refractivity (Wildman–Crippen MR) is 121 cm³/mol. The van der Waals surface area contributed by atoms with Gasteiger partial charge in [0.2, 0.25) is 10.0 Å². The Labute approximate surface area is 190 Å². The minimum absolute atomic E-state index is 0.134. The fourth-order valence-electron chi connectivity index (χ4n) is 2.70. The van der Waals surface area contributed by atoms with Gasteiger partial charge >= 0.3 is 0 Å². The van der Waals surface area contributed by atoms with Gasteiger partial charge < -0.3 is 15.4 Å². The quantitative estimate of drug-likeness (QED) is 0.609. The molecule has 0 saturated carbocycles. The minimum Gasteiger partial charge on any atom is -0.379 e. The number of nitrogens with one attached hydrogen (secondary N) is 2. The number of hydrogen-bond acceptors (Lipinski definition) is 4. The number of nitrogens with zero attached hydrogens (tertiary/aromatic N) is 1. The van der Waals surface area contributed by atoms with Crippen molar-refractivity contribution in [2.75, 3.05) is 31.6 Å². The van der Waals surface area contributed by atoms with Crippen LogP contribution in [0.2, 0.25) is 15.1 Å². The van der Waals surface area contributed by atoms with E-state index in [0.717, 1.165) is 5.56 Å². The van der Waals surface area contributed by atoms with Crippen molar-refractivity contribution in [3.05, 3.63) is 57.0 Å². The second kappa shape index (κ2) is 9.78. The van der Waals surface area contributed by atoms with E-state index < -0.39 is 10.0 Å². The van der Waals surface area contributed by atoms with Crippen molar-refractivity contribution >= 4 is 67.8 Å². The van der Waals surface area contributed by atoms with Gasteiger partial charge in [-0.2, -0.15) is 4.31 Å². The smallest absolute Gasteiger partial charge is 0.243 e. The van der Waals surface area contributed by atoms with Gasteiger partial charge in [0.05, 0.1) is 28.8 Å². The van der Waals surface area contributed by atoms with E-state index in [4.69, 9.17) is 51.8 Å². The van der Waals surface area contributed by atoms with Crippen LogP contribution in [0.1, 0.15) is 5.56 Å². The van der Waals surface area contributed by atoms with E-state index in [9.17, 15) is 8.42 Å². The van der Waals surface area contributed by atoms with E-state index in [1.165, 1.54) is 22.5 Å². The maximum absolute atomic E-state index is 12.8. The molecule has 1 saturated heterocycles. The van der Waals surface area contributed by atoms with Crippen molar-refractivity contribution < 1.29 is 13.2 Å². The Balaban J connectivity index is 1.70. The van der Waals surface area contributed by atoms with Gasteiger partial charge in [-0.3, -0.25) is 0 Å². The van der Waals surface area contributed by atoms with E-state index in [0.29, 0.717) is 53.6 Å². The van der Waals surface area contributed by atoms with Crippen LogP contribution in [0.4, 0.5) is 5.69 Å². The lowest BCUT2D eigenvalue weighted by atomic mass is 10.2. The van der Waals surface area contributed by atoms with Crippen LogP contribution in [0.15, 0.2) is 41.3 Å². The van der Waals surface area contributed by atoms with Gasteiger partial charge in [0.25, 0.3) is 0 Å². The molecule has 2 N–H and O–H groups in total. The summed E-state index contributed by atoms with van der Waals surface area (Å²) in [5, 5.41) is 7.64. The Hall–Kier alpha value is -1.13. The molecule has 0 amide bonds. The van der Waals surface area contributed by atoms with Crippen LogP contribution in [-0.2, 0) is 21.3 Å². The highest BCUT2D eigenvalue weighted by molar-refractivity contribution is 7.89. The first-order valence-electron chi connectivity index (χ1n) is 8.63. The van der Waals surface area contributed by atoms with Crippen molar-refractivity contribution in [2.45, 2.75) is 11.4 Å². The molecule has 29 heavy (non-hydrogen) atoms. The Morgan fingerprint density at radius 3 is 2.48 bits per heavy atom. The highest BCUT2D eigenvalue weighted by Gasteiger charge is 2.27. The number of anilines is 1. The predicted octanol–water partition coefficient (Wildman–Crippen LogP) is 4.15. The van der Waals surface area contributed by atoms with Crippen molar-refractivity contribution in [3.63, 3.8) is 0 Å². The number of thiocarbonyl (C=S) groups is 1. The average molecular weight is 495 g/mol. The normalized spacial score (nSPS) is 15.1. The summed E-state index contributed by atoms with van der Waals surface area (Å²) in [5.74, 6) is 0. The van der Waals surface area contributed by atoms with Gasteiger partial charge in [0.1, 0.15) is 0 Å². The molecule has 156 valence electrons. The lowest BCUT2D eigenvalue weighted by Gasteiger charge is -2.26. The molecule has 0 spiro atoms. The lowest BCUT2D eigenvalue weighted by molar-refractivity contribution is 0.0730. The summed E-state index contributed by atoms with van der Waals surface area (Å²) >= 11 is 23.6. The van der Waals surface area contributed by atoms with Gasteiger partial charge in [0, 0.05) is 29.7 Å². The van der Waals surface area contributed by atoms with Gasteiger partial charge in [-0.15, -0.1) is 0 Å². The van der Waals surface area contributed by atoms with Crippen LogP contribution in [-0.4, -0.2) is 44.1 Å². The van der Waals surface area contributed by atoms with Crippen LogP contribution >= 0.6 is 47.0 Å². The first kappa shape index (κ1) is 22.6. The number of benzene rings is 2. The van der Waals surface area contributed by atoms with Gasteiger partial charge in [-0.05, 0) is 48.1 Å². The maximum atomic E-state index is 12.8. The van der Waals surface area contributed by atoms with Gasteiger partial charge in [0.15, 0.2) is 5.11 Å². The van der Waals surface area contributed by atoms with Crippen LogP contribution in [0, 0.1) is 0 Å². The second-order valence-corrected chi connectivity index (χ2v) is 9.80. The zero-order chi connectivity index (χ0) is 21.0. The van der Waals surface area contributed by atoms with Crippen LogP contribution < -0.4 is 10.6 Å². The number of hydrogen-bond donors (Lipinski definition) is 2. The fourth-order valence-corrected chi connectivity index (χ4v) is 4.96. The third kappa shape index (κ3) is 5.73. The maximum Gasteiger partial charge on any atom is 0.243 e. The Bertz CT molecular complexity index is 1010. The highest BCUT2D eigenvalue weighted by Crippen LogP contribution is 2.27. The molecule has 1 fully saturated rings. The number of ether oxygens (including phenoxy) is 1. The molecule has 3 rings (SSSR count). The summed E-state index contributed by atoms with van der Waals surface area (Å²) in [5.41, 5.74) is 1.20. The standard InChI is InChI=1S/C18H18Cl3N3O3S2/c19-13-2-1-12(16(21)9-13)11-22-18(28)23-17-10-14(3-4-15(17)20)29(25,26)24-5-7-27-8-6-24/h1-4,9-10H,5-8,11H2,(H2,22,23,28). The first-order chi connectivity index (χ1) is 13.8. The second-order valence-electron chi connectivity index (χ2n) is 6.20. The molecule has 2 aromatic rings. The molecule has 0 unspecified atom stereocenters. The molecule has 1 aliphatic heterocycles. The van der Waals surface area contributed by atoms with E-state index in [1.54, 1.807) is 18.2 Å². The van der Waals surface area contributed by atoms with Crippen molar-refractivity contribution in [3.8, 4) is 0 Å². The minimum atomic E-state index is -3.64. The van der Waals surface area contributed by atoms with E-state index >= 15 is 0 Å². The Kier molecular flexibility index (Phi) is 7.61. The van der Waals surface area contributed by atoms with E-state index in [-0.39, 0.29) is 10.0 Å². The summed E-state index contributed by atoms with van der Waals surface area (Å²) in [6, 6.07) is 9.64. The molecule has 0 atom stereocenters. The molecule has 1 aliphatic rings. The van der Waals surface area contributed by atoms with Gasteiger partial charge in [-0.1, -0.05) is 40.9 Å².